The molecule has 0 saturated heterocycles. The van der Waals surface area contributed by atoms with Gasteiger partial charge in [-0.2, -0.15) is 0 Å². The van der Waals surface area contributed by atoms with Gasteiger partial charge in [0.1, 0.15) is 5.60 Å². The van der Waals surface area contributed by atoms with Crippen LogP contribution in [-0.2, 0) is 16.0 Å². The van der Waals surface area contributed by atoms with Crippen LogP contribution in [0.3, 0.4) is 0 Å². The lowest BCUT2D eigenvalue weighted by atomic mass is 10.1. The fourth-order valence-electron chi connectivity index (χ4n) is 1.32. The molecular formula is C14H20O2. The SMILES string of the molecule is CCC(C)(C)OC(=O)CCc1ccccc1. The van der Waals surface area contributed by atoms with Crippen LogP contribution in [0.1, 0.15) is 39.2 Å². The van der Waals surface area contributed by atoms with Crippen LogP contribution in [0.25, 0.3) is 0 Å². The minimum Gasteiger partial charge on any atom is -0.460 e. The highest BCUT2D eigenvalue weighted by molar-refractivity contribution is 5.70. The molecule has 0 heterocycles. The van der Waals surface area contributed by atoms with E-state index in [1.807, 2.05) is 51.1 Å². The van der Waals surface area contributed by atoms with E-state index in [0.29, 0.717) is 6.42 Å². The van der Waals surface area contributed by atoms with Crippen LogP contribution in [0.15, 0.2) is 30.3 Å². The summed E-state index contributed by atoms with van der Waals surface area (Å²) in [5.41, 5.74) is 0.835. The molecule has 0 aromatic heterocycles. The highest BCUT2D eigenvalue weighted by Gasteiger charge is 2.19. The standard InChI is InChI=1S/C14H20O2/c1-4-14(2,3)16-13(15)11-10-12-8-6-5-7-9-12/h5-9H,4,10-11H2,1-3H3. The molecule has 0 aliphatic heterocycles. The molecule has 0 atom stereocenters. The molecule has 1 aromatic carbocycles. The molecule has 0 spiro atoms. The summed E-state index contributed by atoms with van der Waals surface area (Å²) in [6, 6.07) is 9.99. The van der Waals surface area contributed by atoms with Crippen molar-refractivity contribution < 1.29 is 9.53 Å². The highest BCUT2D eigenvalue weighted by Crippen LogP contribution is 2.15. The second kappa shape index (κ2) is 5.69. The molecule has 1 aromatic rings. The normalized spacial score (nSPS) is 11.2. The number of hydrogen-bond donors (Lipinski definition) is 0. The van der Waals surface area contributed by atoms with Gasteiger partial charge < -0.3 is 4.74 Å². The zero-order valence-corrected chi connectivity index (χ0v) is 10.3. The third-order valence-corrected chi connectivity index (χ3v) is 2.70. The van der Waals surface area contributed by atoms with Gasteiger partial charge in [0.15, 0.2) is 0 Å². The third-order valence-electron chi connectivity index (χ3n) is 2.70. The van der Waals surface area contributed by atoms with Crippen LogP contribution < -0.4 is 0 Å². The molecule has 0 radical (unpaired) electrons. The minimum atomic E-state index is -0.340. The molecule has 0 N–H and O–H groups in total. The molecule has 2 nitrogen and oxygen atoms in total. The largest absolute Gasteiger partial charge is 0.460 e. The van der Waals surface area contributed by atoms with Crippen LogP contribution in [-0.4, -0.2) is 11.6 Å². The summed E-state index contributed by atoms with van der Waals surface area (Å²) in [6.07, 6.45) is 2.04. The number of carbonyl (C=O) groups excluding carboxylic acids is 1. The average molecular weight is 220 g/mol. The lowest BCUT2D eigenvalue weighted by molar-refractivity contribution is -0.156. The maximum Gasteiger partial charge on any atom is 0.306 e. The highest BCUT2D eigenvalue weighted by atomic mass is 16.6. The first kappa shape index (κ1) is 12.8. The van der Waals surface area contributed by atoms with Gasteiger partial charge in [0.25, 0.3) is 0 Å². The monoisotopic (exact) mass is 220 g/mol. The first-order chi connectivity index (χ1) is 7.53. The first-order valence-electron chi connectivity index (χ1n) is 5.79. The van der Waals surface area contributed by atoms with Crippen molar-refractivity contribution >= 4 is 5.97 Å². The van der Waals surface area contributed by atoms with Crippen molar-refractivity contribution in [2.75, 3.05) is 0 Å². The Morgan fingerprint density at radius 2 is 1.88 bits per heavy atom. The Labute approximate surface area is 97.6 Å². The van der Waals surface area contributed by atoms with E-state index >= 15 is 0 Å². The third kappa shape index (κ3) is 4.47. The van der Waals surface area contributed by atoms with Crippen LogP contribution >= 0.6 is 0 Å². The van der Waals surface area contributed by atoms with E-state index in [4.69, 9.17) is 4.74 Å². The number of aryl methyl sites for hydroxylation is 1. The van der Waals surface area contributed by atoms with Gasteiger partial charge in [0.05, 0.1) is 0 Å². The van der Waals surface area contributed by atoms with Crippen LogP contribution in [0.5, 0.6) is 0 Å². The summed E-state index contributed by atoms with van der Waals surface area (Å²) in [6.45, 7) is 5.89. The van der Waals surface area contributed by atoms with E-state index in [0.717, 1.165) is 12.8 Å². The molecule has 0 unspecified atom stereocenters. The number of hydrogen-bond acceptors (Lipinski definition) is 2. The smallest absolute Gasteiger partial charge is 0.306 e. The summed E-state index contributed by atoms with van der Waals surface area (Å²) in [7, 11) is 0. The Bertz CT molecular complexity index is 328. The van der Waals surface area contributed by atoms with Gasteiger partial charge in [0, 0.05) is 6.42 Å². The predicted molar refractivity (Wildman–Crippen MR) is 65.2 cm³/mol. The summed E-state index contributed by atoms with van der Waals surface area (Å²) in [5, 5.41) is 0. The molecular weight excluding hydrogens is 200 g/mol. The Morgan fingerprint density at radius 3 is 2.44 bits per heavy atom. The van der Waals surface area contributed by atoms with Crippen molar-refractivity contribution in [3.05, 3.63) is 35.9 Å². The van der Waals surface area contributed by atoms with Crippen LogP contribution in [0, 0.1) is 0 Å². The maximum atomic E-state index is 11.6. The van der Waals surface area contributed by atoms with Crippen molar-refractivity contribution in [2.24, 2.45) is 0 Å². The number of ether oxygens (including phenoxy) is 1. The second-order valence-electron chi connectivity index (χ2n) is 4.57. The summed E-state index contributed by atoms with van der Waals surface area (Å²) >= 11 is 0. The van der Waals surface area contributed by atoms with E-state index in [9.17, 15) is 4.79 Å². The predicted octanol–water partition coefficient (Wildman–Crippen LogP) is 3.35. The Hall–Kier alpha value is -1.31. The van der Waals surface area contributed by atoms with Crippen LogP contribution in [0.4, 0.5) is 0 Å². The van der Waals surface area contributed by atoms with Gasteiger partial charge in [-0.15, -0.1) is 0 Å². The number of benzene rings is 1. The van der Waals surface area contributed by atoms with Gasteiger partial charge >= 0.3 is 5.97 Å². The molecule has 16 heavy (non-hydrogen) atoms. The van der Waals surface area contributed by atoms with E-state index in [-0.39, 0.29) is 11.6 Å². The van der Waals surface area contributed by atoms with Crippen molar-refractivity contribution in [1.82, 2.24) is 0 Å². The zero-order valence-electron chi connectivity index (χ0n) is 10.3. The van der Waals surface area contributed by atoms with E-state index < -0.39 is 0 Å². The molecule has 0 saturated carbocycles. The van der Waals surface area contributed by atoms with Gasteiger partial charge in [-0.25, -0.2) is 0 Å². The zero-order chi connectivity index (χ0) is 12.0. The summed E-state index contributed by atoms with van der Waals surface area (Å²) in [5.74, 6) is -0.115. The van der Waals surface area contributed by atoms with Gasteiger partial charge in [0.2, 0.25) is 0 Å². The fourth-order valence-corrected chi connectivity index (χ4v) is 1.32. The number of esters is 1. The molecule has 0 bridgehead atoms. The molecule has 0 aliphatic rings. The molecule has 0 aliphatic carbocycles. The Kier molecular flexibility index (Phi) is 4.53. The molecule has 2 heteroatoms. The topological polar surface area (TPSA) is 26.3 Å². The molecule has 1 rings (SSSR count). The van der Waals surface area contributed by atoms with E-state index in [1.165, 1.54) is 5.56 Å². The summed E-state index contributed by atoms with van der Waals surface area (Å²) in [4.78, 5) is 11.6. The number of rotatable bonds is 5. The maximum absolute atomic E-state index is 11.6. The van der Waals surface area contributed by atoms with Gasteiger partial charge in [-0.3, -0.25) is 4.79 Å². The van der Waals surface area contributed by atoms with Crippen molar-refractivity contribution in [1.29, 1.82) is 0 Å². The van der Waals surface area contributed by atoms with E-state index in [2.05, 4.69) is 0 Å². The lowest BCUT2D eigenvalue weighted by Gasteiger charge is -2.23. The first-order valence-corrected chi connectivity index (χ1v) is 5.79. The Balaban J connectivity index is 2.36. The van der Waals surface area contributed by atoms with Crippen molar-refractivity contribution in [3.8, 4) is 0 Å². The van der Waals surface area contributed by atoms with E-state index in [1.54, 1.807) is 0 Å². The fraction of sp³-hybridized carbons (Fsp3) is 0.500. The molecule has 0 amide bonds. The minimum absolute atomic E-state index is 0.115. The van der Waals surface area contributed by atoms with Gasteiger partial charge in [-0.05, 0) is 32.3 Å². The quantitative estimate of drug-likeness (QED) is 0.711. The summed E-state index contributed by atoms with van der Waals surface area (Å²) < 4.78 is 5.37. The lowest BCUT2D eigenvalue weighted by Crippen LogP contribution is -2.27. The molecule has 0 fully saturated rings. The van der Waals surface area contributed by atoms with Crippen LogP contribution in [0.2, 0.25) is 0 Å². The van der Waals surface area contributed by atoms with Crippen molar-refractivity contribution in [3.63, 3.8) is 0 Å². The molecule has 88 valence electrons. The average Bonchev–Trinajstić information content (AvgIpc) is 2.27. The van der Waals surface area contributed by atoms with Crippen molar-refractivity contribution in [2.45, 2.75) is 45.6 Å². The van der Waals surface area contributed by atoms with Gasteiger partial charge in [-0.1, -0.05) is 37.3 Å². The second-order valence-corrected chi connectivity index (χ2v) is 4.57. The number of carbonyl (C=O) groups is 1. The Morgan fingerprint density at radius 1 is 1.25 bits per heavy atom.